The number of rotatable bonds is 4. The molecule has 4 aromatic rings. The fraction of sp³-hybridized carbons (Fsp3) is 0.133. The van der Waals surface area contributed by atoms with Crippen LogP contribution in [0.5, 0.6) is 11.5 Å². The van der Waals surface area contributed by atoms with Gasteiger partial charge in [-0.1, -0.05) is 59.6 Å². The van der Waals surface area contributed by atoms with Gasteiger partial charge in [-0.3, -0.25) is 0 Å². The number of hydrogen-bond donors (Lipinski definition) is 0. The fourth-order valence-electron chi connectivity index (χ4n) is 4.63. The first kappa shape index (κ1) is 22.4. The van der Waals surface area contributed by atoms with Crippen molar-refractivity contribution in [3.05, 3.63) is 130 Å². The summed E-state index contributed by atoms with van der Waals surface area (Å²) in [7, 11) is 0. The molecule has 0 aromatic heterocycles. The van der Waals surface area contributed by atoms with Crippen LogP contribution in [0, 0.1) is 6.92 Å². The largest absolute Gasteiger partial charge is 0.464 e. The molecule has 4 aromatic carbocycles. The monoisotopic (exact) mass is 494 g/mol. The summed E-state index contributed by atoms with van der Waals surface area (Å²) in [5, 5.41) is 7.71. The van der Waals surface area contributed by atoms with E-state index in [1.54, 1.807) is 24.3 Å². The molecule has 0 radical (unpaired) electrons. The molecule has 6 rings (SSSR count). The first-order chi connectivity index (χ1) is 17.5. The van der Waals surface area contributed by atoms with Gasteiger partial charge in [0, 0.05) is 22.6 Å². The van der Waals surface area contributed by atoms with E-state index in [4.69, 9.17) is 26.2 Å². The summed E-state index contributed by atoms with van der Waals surface area (Å²) in [4.78, 5) is 12.5. The lowest BCUT2D eigenvalue weighted by Crippen LogP contribution is -2.33. The Hall–Kier alpha value is -4.09. The van der Waals surface area contributed by atoms with Crippen molar-refractivity contribution in [2.24, 2.45) is 5.10 Å². The van der Waals surface area contributed by atoms with E-state index >= 15 is 0 Å². The minimum atomic E-state index is -0.406. The number of aryl methyl sites for hydroxylation is 1. The first-order valence-corrected chi connectivity index (χ1v) is 12.2. The summed E-state index contributed by atoms with van der Waals surface area (Å²) in [6.07, 6.45) is 0.363. The van der Waals surface area contributed by atoms with E-state index in [0.717, 1.165) is 40.1 Å². The van der Waals surface area contributed by atoms with Crippen LogP contribution < -0.4 is 9.47 Å². The van der Waals surface area contributed by atoms with Gasteiger partial charge in [0.2, 0.25) is 6.23 Å². The number of esters is 1. The molecule has 2 atom stereocenters. The van der Waals surface area contributed by atoms with Crippen molar-refractivity contribution in [1.29, 1.82) is 0 Å². The molecule has 0 fully saturated rings. The molecule has 0 N–H and O–H groups in total. The fourth-order valence-corrected chi connectivity index (χ4v) is 4.75. The van der Waals surface area contributed by atoms with E-state index in [-0.39, 0.29) is 12.0 Å². The number of hydrazone groups is 1. The number of fused-ring (bicyclic) bond motifs is 3. The topological polar surface area (TPSA) is 51.1 Å². The number of carbonyl (C=O) groups is 1. The number of hydrogen-bond acceptors (Lipinski definition) is 5. The number of ether oxygens (including phenoxy) is 2. The second kappa shape index (κ2) is 9.17. The number of nitrogens with zero attached hydrogens (tertiary/aromatic N) is 2. The maximum absolute atomic E-state index is 12.5. The average molecular weight is 495 g/mol. The predicted molar refractivity (Wildman–Crippen MR) is 140 cm³/mol. The third kappa shape index (κ3) is 4.23. The molecule has 2 heterocycles. The van der Waals surface area contributed by atoms with Crippen LogP contribution in [0.25, 0.3) is 0 Å². The second-order valence-electron chi connectivity index (χ2n) is 8.99. The lowest BCUT2D eigenvalue weighted by Gasteiger charge is -2.38. The van der Waals surface area contributed by atoms with E-state index < -0.39 is 6.23 Å². The summed E-state index contributed by atoms with van der Waals surface area (Å²) in [5.41, 5.74) is 5.68. The van der Waals surface area contributed by atoms with Gasteiger partial charge in [0.1, 0.15) is 11.5 Å². The van der Waals surface area contributed by atoms with Crippen LogP contribution in [0.3, 0.4) is 0 Å². The van der Waals surface area contributed by atoms with E-state index in [1.165, 1.54) is 0 Å². The normalized spacial score (nSPS) is 18.1. The van der Waals surface area contributed by atoms with Crippen LogP contribution in [-0.2, 0) is 0 Å². The van der Waals surface area contributed by atoms with Crippen LogP contribution in [0.1, 0.15) is 51.3 Å². The van der Waals surface area contributed by atoms with Crippen LogP contribution in [0.4, 0.5) is 0 Å². The molecule has 5 nitrogen and oxygen atoms in total. The van der Waals surface area contributed by atoms with Crippen molar-refractivity contribution in [1.82, 2.24) is 5.01 Å². The van der Waals surface area contributed by atoms with Gasteiger partial charge in [-0.05, 0) is 67.1 Å². The molecule has 0 unspecified atom stereocenters. The summed E-state index contributed by atoms with van der Waals surface area (Å²) in [6.45, 7) is 1.98. The second-order valence-corrected chi connectivity index (χ2v) is 9.42. The highest BCUT2D eigenvalue weighted by Crippen LogP contribution is 2.47. The highest BCUT2D eigenvalue weighted by Gasteiger charge is 2.40. The molecule has 6 heteroatoms. The Morgan fingerprint density at radius 3 is 2.42 bits per heavy atom. The van der Waals surface area contributed by atoms with Crippen LogP contribution in [-0.4, -0.2) is 16.7 Å². The van der Waals surface area contributed by atoms with Crippen LogP contribution in [0.2, 0.25) is 5.02 Å². The van der Waals surface area contributed by atoms with Gasteiger partial charge in [-0.2, -0.15) is 5.10 Å². The van der Waals surface area contributed by atoms with Gasteiger partial charge in [0.25, 0.3) is 0 Å². The summed E-state index contributed by atoms with van der Waals surface area (Å²) < 4.78 is 12.0. The highest BCUT2D eigenvalue weighted by atomic mass is 35.5. The van der Waals surface area contributed by atoms with Gasteiger partial charge in [0.15, 0.2) is 0 Å². The lowest BCUT2D eigenvalue weighted by molar-refractivity contribution is -0.0190. The lowest BCUT2D eigenvalue weighted by atomic mass is 9.96. The van der Waals surface area contributed by atoms with Crippen molar-refractivity contribution in [2.45, 2.75) is 25.6 Å². The molecular weight excluding hydrogens is 472 g/mol. The molecule has 36 heavy (non-hydrogen) atoms. The van der Waals surface area contributed by atoms with Crippen molar-refractivity contribution in [2.75, 3.05) is 0 Å². The van der Waals surface area contributed by atoms with E-state index in [1.807, 2.05) is 78.7 Å². The Balaban J connectivity index is 1.28. The Morgan fingerprint density at radius 2 is 1.67 bits per heavy atom. The van der Waals surface area contributed by atoms with Gasteiger partial charge in [0.05, 0.1) is 17.3 Å². The number of halogens is 1. The Bertz CT molecular complexity index is 1450. The zero-order valence-corrected chi connectivity index (χ0v) is 20.4. The molecule has 0 aliphatic carbocycles. The van der Waals surface area contributed by atoms with Crippen molar-refractivity contribution < 1.29 is 14.3 Å². The van der Waals surface area contributed by atoms with Crippen LogP contribution >= 0.6 is 11.6 Å². The quantitative estimate of drug-likeness (QED) is 0.224. The standard InChI is InChI=1S/C30H23ClN2O3/c1-19-6-8-22(9-7-19)30(34)35-24-16-12-21(13-17-24)29-33-27(25-4-2-3-5-28(25)36-29)18-26(32-33)20-10-14-23(31)15-11-20/h2-17,27,29H,18H2,1H3/t27-,29-/m0/s1. The van der Waals surface area contributed by atoms with E-state index in [9.17, 15) is 4.79 Å². The predicted octanol–water partition coefficient (Wildman–Crippen LogP) is 7.11. The minimum Gasteiger partial charge on any atom is -0.464 e. The van der Waals surface area contributed by atoms with Crippen molar-refractivity contribution in [3.63, 3.8) is 0 Å². The maximum atomic E-state index is 12.5. The third-order valence-corrected chi connectivity index (χ3v) is 6.79. The van der Waals surface area contributed by atoms with Gasteiger partial charge in [-0.15, -0.1) is 0 Å². The molecular formula is C30H23ClN2O3. The van der Waals surface area contributed by atoms with Crippen LogP contribution in [0.15, 0.2) is 102 Å². The molecule has 0 bridgehead atoms. The molecule has 0 saturated carbocycles. The maximum Gasteiger partial charge on any atom is 0.343 e. The first-order valence-electron chi connectivity index (χ1n) is 11.8. The SMILES string of the molecule is Cc1ccc(C(=O)Oc2ccc([C@@H]3Oc4ccccc4[C@@H]4CC(c5ccc(Cl)cc5)=NN43)cc2)cc1. The van der Waals surface area contributed by atoms with Crippen molar-refractivity contribution in [3.8, 4) is 11.5 Å². The highest BCUT2D eigenvalue weighted by molar-refractivity contribution is 6.30. The van der Waals surface area contributed by atoms with Gasteiger partial charge in [-0.25, -0.2) is 9.80 Å². The summed E-state index contributed by atoms with van der Waals surface area (Å²) in [6, 6.07) is 30.7. The molecule has 178 valence electrons. The Labute approximate surface area is 214 Å². The average Bonchev–Trinajstić information content (AvgIpc) is 3.35. The summed E-state index contributed by atoms with van der Waals surface area (Å²) in [5.74, 6) is 0.942. The molecule has 2 aliphatic rings. The Kier molecular flexibility index (Phi) is 5.70. The molecule has 0 amide bonds. The Morgan fingerprint density at radius 1 is 0.944 bits per heavy atom. The number of benzene rings is 4. The molecule has 2 aliphatic heterocycles. The number of carbonyl (C=O) groups excluding carboxylic acids is 1. The number of para-hydroxylation sites is 1. The smallest absolute Gasteiger partial charge is 0.343 e. The van der Waals surface area contributed by atoms with Gasteiger partial charge >= 0.3 is 5.97 Å². The zero-order chi connectivity index (χ0) is 24.6. The van der Waals surface area contributed by atoms with Gasteiger partial charge < -0.3 is 9.47 Å². The van der Waals surface area contributed by atoms with Crippen molar-refractivity contribution >= 4 is 23.3 Å². The zero-order valence-electron chi connectivity index (χ0n) is 19.6. The summed E-state index contributed by atoms with van der Waals surface area (Å²) >= 11 is 6.09. The minimum absolute atomic E-state index is 0.0599. The molecule has 0 spiro atoms. The van der Waals surface area contributed by atoms with E-state index in [2.05, 4.69) is 6.07 Å². The van der Waals surface area contributed by atoms with E-state index in [0.29, 0.717) is 16.3 Å². The third-order valence-electron chi connectivity index (χ3n) is 6.54. The molecule has 0 saturated heterocycles.